The standard InChI is InChI=1S/C12H29NO3Si/c1-6-9-10-13-11-12(4)16-17(5,14-7-2)15-8-3/h12-13H,6-11H2,1-5H3. The maximum Gasteiger partial charge on any atom is 0.497 e. The lowest BCUT2D eigenvalue weighted by Gasteiger charge is -2.28. The van der Waals surface area contributed by atoms with Gasteiger partial charge in [-0.3, -0.25) is 0 Å². The zero-order valence-electron chi connectivity index (χ0n) is 12.0. The second-order valence-electron chi connectivity index (χ2n) is 4.21. The summed E-state index contributed by atoms with van der Waals surface area (Å²) in [5.41, 5.74) is 0. The second kappa shape index (κ2) is 10.0. The van der Waals surface area contributed by atoms with E-state index in [0.29, 0.717) is 13.2 Å². The van der Waals surface area contributed by atoms with Gasteiger partial charge in [0.2, 0.25) is 0 Å². The van der Waals surface area contributed by atoms with Gasteiger partial charge in [0.1, 0.15) is 0 Å². The predicted molar refractivity (Wildman–Crippen MR) is 73.2 cm³/mol. The molecule has 104 valence electrons. The first-order valence-corrected chi connectivity index (χ1v) is 8.96. The molecule has 1 atom stereocenters. The van der Waals surface area contributed by atoms with Crippen molar-refractivity contribution in [2.75, 3.05) is 26.3 Å². The van der Waals surface area contributed by atoms with Crippen LogP contribution < -0.4 is 5.32 Å². The lowest BCUT2D eigenvalue weighted by atomic mass is 10.3. The smallest absolute Gasteiger partial charge is 0.374 e. The van der Waals surface area contributed by atoms with Crippen molar-refractivity contribution in [3.63, 3.8) is 0 Å². The third kappa shape index (κ3) is 8.74. The first kappa shape index (κ1) is 17.1. The summed E-state index contributed by atoms with van der Waals surface area (Å²) in [5.74, 6) is 0. The van der Waals surface area contributed by atoms with Gasteiger partial charge in [-0.15, -0.1) is 0 Å². The van der Waals surface area contributed by atoms with Gasteiger partial charge in [-0.2, -0.15) is 0 Å². The summed E-state index contributed by atoms with van der Waals surface area (Å²) in [6.45, 7) is 13.3. The van der Waals surface area contributed by atoms with Crippen LogP contribution in [0, 0.1) is 0 Å². The molecule has 0 aliphatic heterocycles. The zero-order chi connectivity index (χ0) is 13.1. The molecular weight excluding hydrogens is 234 g/mol. The van der Waals surface area contributed by atoms with Crippen molar-refractivity contribution in [1.82, 2.24) is 5.32 Å². The molecule has 5 heteroatoms. The van der Waals surface area contributed by atoms with Gasteiger partial charge in [0.25, 0.3) is 0 Å². The minimum atomic E-state index is -2.42. The van der Waals surface area contributed by atoms with Crippen molar-refractivity contribution in [2.45, 2.75) is 53.2 Å². The quantitative estimate of drug-likeness (QED) is 0.459. The molecule has 0 aromatic heterocycles. The number of rotatable bonds is 11. The maximum atomic E-state index is 5.93. The van der Waals surface area contributed by atoms with Crippen molar-refractivity contribution >= 4 is 8.80 Å². The molecule has 0 aromatic carbocycles. The van der Waals surface area contributed by atoms with Crippen LogP contribution in [0.15, 0.2) is 0 Å². The summed E-state index contributed by atoms with van der Waals surface area (Å²) in [5, 5.41) is 3.38. The van der Waals surface area contributed by atoms with Crippen LogP contribution in [-0.4, -0.2) is 41.2 Å². The maximum absolute atomic E-state index is 5.93. The molecule has 0 aromatic rings. The van der Waals surface area contributed by atoms with Gasteiger partial charge in [0.05, 0.1) is 6.10 Å². The van der Waals surface area contributed by atoms with Crippen LogP contribution in [0.3, 0.4) is 0 Å². The molecule has 4 nitrogen and oxygen atoms in total. The highest BCUT2D eigenvalue weighted by Gasteiger charge is 2.35. The van der Waals surface area contributed by atoms with E-state index >= 15 is 0 Å². The van der Waals surface area contributed by atoms with Gasteiger partial charge in [-0.1, -0.05) is 13.3 Å². The van der Waals surface area contributed by atoms with Gasteiger partial charge in [-0.05, 0) is 33.7 Å². The minimum absolute atomic E-state index is 0.127. The fraction of sp³-hybridized carbons (Fsp3) is 1.00. The SMILES string of the molecule is CCCCNCC(C)O[Si](C)(OCC)OCC. The van der Waals surface area contributed by atoms with Gasteiger partial charge < -0.3 is 18.6 Å². The minimum Gasteiger partial charge on any atom is -0.374 e. The Morgan fingerprint density at radius 2 is 1.71 bits per heavy atom. The summed E-state index contributed by atoms with van der Waals surface area (Å²) in [6, 6.07) is 0. The normalized spacial score (nSPS) is 13.9. The fourth-order valence-electron chi connectivity index (χ4n) is 1.65. The Hall–Kier alpha value is 0.0569. The summed E-state index contributed by atoms with van der Waals surface area (Å²) in [7, 11) is -2.42. The van der Waals surface area contributed by atoms with Crippen molar-refractivity contribution in [3.05, 3.63) is 0 Å². The Morgan fingerprint density at radius 1 is 1.12 bits per heavy atom. The zero-order valence-corrected chi connectivity index (χ0v) is 13.0. The van der Waals surface area contributed by atoms with Gasteiger partial charge in [0, 0.05) is 26.3 Å². The number of hydrogen-bond donors (Lipinski definition) is 1. The van der Waals surface area contributed by atoms with Crippen molar-refractivity contribution in [1.29, 1.82) is 0 Å². The van der Waals surface area contributed by atoms with E-state index in [9.17, 15) is 0 Å². The number of hydrogen-bond acceptors (Lipinski definition) is 4. The van der Waals surface area contributed by atoms with E-state index in [2.05, 4.69) is 19.2 Å². The van der Waals surface area contributed by atoms with Crippen LogP contribution in [0.1, 0.15) is 40.5 Å². The molecule has 0 rings (SSSR count). The van der Waals surface area contributed by atoms with E-state index in [1.54, 1.807) is 0 Å². The second-order valence-corrected chi connectivity index (χ2v) is 6.75. The van der Waals surface area contributed by atoms with E-state index in [4.69, 9.17) is 13.3 Å². The Balaban J connectivity index is 3.90. The number of nitrogens with one attached hydrogen (secondary N) is 1. The summed E-state index contributed by atoms with van der Waals surface area (Å²) < 4.78 is 17.2. The Kier molecular flexibility index (Phi) is 10.1. The molecule has 0 amide bonds. The molecule has 0 bridgehead atoms. The van der Waals surface area contributed by atoms with E-state index in [1.165, 1.54) is 12.8 Å². The van der Waals surface area contributed by atoms with Crippen molar-refractivity contribution in [3.8, 4) is 0 Å². The third-order valence-electron chi connectivity index (χ3n) is 2.37. The third-order valence-corrected chi connectivity index (χ3v) is 4.82. The molecule has 0 saturated heterocycles. The lowest BCUT2D eigenvalue weighted by molar-refractivity contribution is 0.0445. The average molecular weight is 263 g/mol. The first-order chi connectivity index (χ1) is 8.08. The summed E-state index contributed by atoms with van der Waals surface area (Å²) in [4.78, 5) is 0. The van der Waals surface area contributed by atoms with E-state index < -0.39 is 8.80 Å². The predicted octanol–water partition coefficient (Wildman–Crippen LogP) is 2.42. The first-order valence-electron chi connectivity index (χ1n) is 6.74. The van der Waals surface area contributed by atoms with Crippen LogP contribution in [0.2, 0.25) is 6.55 Å². The van der Waals surface area contributed by atoms with Crippen LogP contribution >= 0.6 is 0 Å². The Labute approximate surface area is 107 Å². The molecule has 17 heavy (non-hydrogen) atoms. The molecular formula is C12H29NO3Si. The van der Waals surface area contributed by atoms with Gasteiger partial charge >= 0.3 is 8.80 Å². The van der Waals surface area contributed by atoms with Gasteiger partial charge in [-0.25, -0.2) is 0 Å². The van der Waals surface area contributed by atoms with Crippen molar-refractivity contribution < 1.29 is 13.3 Å². The molecule has 0 fully saturated rings. The molecule has 1 N–H and O–H groups in total. The van der Waals surface area contributed by atoms with Crippen LogP contribution in [0.5, 0.6) is 0 Å². The highest BCUT2D eigenvalue weighted by molar-refractivity contribution is 6.59. The average Bonchev–Trinajstić information content (AvgIpc) is 2.24. The molecule has 0 saturated carbocycles. The fourth-order valence-corrected chi connectivity index (χ4v) is 3.73. The van der Waals surface area contributed by atoms with E-state index in [1.807, 2.05) is 20.4 Å². The number of unbranched alkanes of at least 4 members (excludes halogenated alkanes) is 1. The van der Waals surface area contributed by atoms with Crippen LogP contribution in [0.4, 0.5) is 0 Å². The molecule has 1 unspecified atom stereocenters. The van der Waals surface area contributed by atoms with Crippen LogP contribution in [-0.2, 0) is 13.3 Å². The molecule has 0 spiro atoms. The topological polar surface area (TPSA) is 39.7 Å². The largest absolute Gasteiger partial charge is 0.497 e. The van der Waals surface area contributed by atoms with E-state index in [-0.39, 0.29) is 6.10 Å². The van der Waals surface area contributed by atoms with E-state index in [0.717, 1.165) is 13.1 Å². The molecule has 0 heterocycles. The highest BCUT2D eigenvalue weighted by atomic mass is 28.4. The highest BCUT2D eigenvalue weighted by Crippen LogP contribution is 2.11. The monoisotopic (exact) mass is 263 g/mol. The molecule has 0 aliphatic rings. The molecule has 0 radical (unpaired) electrons. The van der Waals surface area contributed by atoms with Crippen LogP contribution in [0.25, 0.3) is 0 Å². The lowest BCUT2D eigenvalue weighted by Crippen LogP contribution is -2.47. The Bertz CT molecular complexity index is 175. The van der Waals surface area contributed by atoms with Crippen molar-refractivity contribution in [2.24, 2.45) is 0 Å². The molecule has 0 aliphatic carbocycles. The van der Waals surface area contributed by atoms with Gasteiger partial charge in [0.15, 0.2) is 0 Å². The summed E-state index contributed by atoms with van der Waals surface area (Å²) >= 11 is 0. The summed E-state index contributed by atoms with van der Waals surface area (Å²) in [6.07, 6.45) is 2.55. The Morgan fingerprint density at radius 3 is 2.18 bits per heavy atom.